The summed E-state index contributed by atoms with van der Waals surface area (Å²) in [7, 11) is 0. The van der Waals surface area contributed by atoms with E-state index < -0.39 is 0 Å². The number of halogens is 2. The first-order chi connectivity index (χ1) is 9.11. The van der Waals surface area contributed by atoms with Crippen LogP contribution in [0.3, 0.4) is 0 Å². The molecule has 0 bridgehead atoms. The monoisotopic (exact) mass is 325 g/mol. The van der Waals surface area contributed by atoms with Crippen molar-refractivity contribution in [1.82, 2.24) is 9.55 Å². The first-order valence-electron chi connectivity index (χ1n) is 6.32. The molecule has 1 unspecified atom stereocenters. The summed E-state index contributed by atoms with van der Waals surface area (Å²) in [5.41, 5.74) is 7.08. The standard InChI is InChI=1S/C14H17BrFN3/c1-2-6-19-7-5-18-14(19)9-13(17)10-3-4-12(16)11(15)8-10/h3-5,7-8,13H,2,6,9,17H2,1H3. The second kappa shape index (κ2) is 6.30. The summed E-state index contributed by atoms with van der Waals surface area (Å²) in [6.45, 7) is 3.07. The Morgan fingerprint density at radius 2 is 2.26 bits per heavy atom. The van der Waals surface area contributed by atoms with Gasteiger partial charge in [-0.15, -0.1) is 0 Å². The van der Waals surface area contributed by atoms with Gasteiger partial charge in [0.1, 0.15) is 11.6 Å². The third-order valence-electron chi connectivity index (χ3n) is 3.04. The fraction of sp³-hybridized carbons (Fsp3) is 0.357. The van der Waals surface area contributed by atoms with Crippen LogP contribution in [0.25, 0.3) is 0 Å². The van der Waals surface area contributed by atoms with Crippen molar-refractivity contribution in [3.8, 4) is 0 Å². The van der Waals surface area contributed by atoms with Gasteiger partial charge in [0.05, 0.1) is 4.47 Å². The molecule has 0 aliphatic carbocycles. The fourth-order valence-corrected chi connectivity index (χ4v) is 2.43. The molecule has 2 aromatic rings. The number of aryl methyl sites for hydroxylation is 1. The van der Waals surface area contributed by atoms with E-state index >= 15 is 0 Å². The van der Waals surface area contributed by atoms with Crippen LogP contribution >= 0.6 is 15.9 Å². The lowest BCUT2D eigenvalue weighted by Crippen LogP contribution is -2.16. The maximum atomic E-state index is 13.2. The molecule has 3 nitrogen and oxygen atoms in total. The molecule has 1 atom stereocenters. The van der Waals surface area contributed by atoms with Gasteiger partial charge < -0.3 is 10.3 Å². The minimum Gasteiger partial charge on any atom is -0.335 e. The maximum Gasteiger partial charge on any atom is 0.137 e. The van der Waals surface area contributed by atoms with E-state index in [1.807, 2.05) is 6.20 Å². The predicted molar refractivity (Wildman–Crippen MR) is 77.3 cm³/mol. The summed E-state index contributed by atoms with van der Waals surface area (Å²) in [4.78, 5) is 4.34. The average Bonchev–Trinajstić information content (AvgIpc) is 2.80. The van der Waals surface area contributed by atoms with Gasteiger partial charge in [0.25, 0.3) is 0 Å². The molecule has 0 saturated carbocycles. The second-order valence-corrected chi connectivity index (χ2v) is 5.38. The summed E-state index contributed by atoms with van der Waals surface area (Å²) in [5.74, 6) is 0.693. The van der Waals surface area contributed by atoms with E-state index in [2.05, 4.69) is 32.4 Å². The van der Waals surface area contributed by atoms with Crippen molar-refractivity contribution >= 4 is 15.9 Å². The van der Waals surface area contributed by atoms with E-state index in [1.54, 1.807) is 18.3 Å². The Morgan fingerprint density at radius 1 is 1.47 bits per heavy atom. The van der Waals surface area contributed by atoms with Crippen molar-refractivity contribution in [2.45, 2.75) is 32.4 Å². The van der Waals surface area contributed by atoms with Gasteiger partial charge >= 0.3 is 0 Å². The van der Waals surface area contributed by atoms with Crippen molar-refractivity contribution in [2.75, 3.05) is 0 Å². The van der Waals surface area contributed by atoms with Crippen LogP contribution in [0.2, 0.25) is 0 Å². The van der Waals surface area contributed by atoms with Gasteiger partial charge in [-0.1, -0.05) is 13.0 Å². The number of nitrogens with two attached hydrogens (primary N) is 1. The Balaban J connectivity index is 2.13. The molecule has 1 aromatic heterocycles. The van der Waals surface area contributed by atoms with E-state index in [4.69, 9.17) is 5.73 Å². The molecular formula is C14H17BrFN3. The Morgan fingerprint density at radius 3 is 2.95 bits per heavy atom. The Labute approximate surface area is 120 Å². The Hall–Kier alpha value is -1.20. The first-order valence-corrected chi connectivity index (χ1v) is 7.11. The van der Waals surface area contributed by atoms with Crippen LogP contribution in [-0.4, -0.2) is 9.55 Å². The first kappa shape index (κ1) is 14.2. The molecule has 0 amide bonds. The smallest absolute Gasteiger partial charge is 0.137 e. The highest BCUT2D eigenvalue weighted by Crippen LogP contribution is 2.22. The van der Waals surface area contributed by atoms with Crippen LogP contribution in [-0.2, 0) is 13.0 Å². The SMILES string of the molecule is CCCn1ccnc1CC(N)c1ccc(F)c(Br)c1. The van der Waals surface area contributed by atoms with Gasteiger partial charge in [0.2, 0.25) is 0 Å². The summed E-state index contributed by atoms with van der Waals surface area (Å²) in [5, 5.41) is 0. The van der Waals surface area contributed by atoms with E-state index in [1.165, 1.54) is 6.07 Å². The summed E-state index contributed by atoms with van der Waals surface area (Å²) in [6, 6.07) is 4.69. The minimum atomic E-state index is -0.275. The molecular weight excluding hydrogens is 309 g/mol. The molecule has 5 heteroatoms. The molecule has 0 spiro atoms. The van der Waals surface area contributed by atoms with Crippen LogP contribution in [0.5, 0.6) is 0 Å². The third-order valence-corrected chi connectivity index (χ3v) is 3.65. The number of hydrogen-bond acceptors (Lipinski definition) is 2. The van der Waals surface area contributed by atoms with E-state index in [0.29, 0.717) is 10.9 Å². The minimum absolute atomic E-state index is 0.185. The molecule has 1 heterocycles. The molecule has 102 valence electrons. The van der Waals surface area contributed by atoms with Crippen molar-refractivity contribution < 1.29 is 4.39 Å². The fourth-order valence-electron chi connectivity index (χ4n) is 2.03. The quantitative estimate of drug-likeness (QED) is 0.915. The number of nitrogens with zero attached hydrogens (tertiary/aromatic N) is 2. The molecule has 0 aliphatic heterocycles. The Kier molecular flexibility index (Phi) is 4.71. The lowest BCUT2D eigenvalue weighted by Gasteiger charge is -2.13. The molecule has 0 fully saturated rings. The second-order valence-electron chi connectivity index (χ2n) is 4.52. The highest BCUT2D eigenvalue weighted by atomic mass is 79.9. The van der Waals surface area contributed by atoms with E-state index in [-0.39, 0.29) is 11.9 Å². The number of rotatable bonds is 5. The van der Waals surface area contributed by atoms with E-state index in [0.717, 1.165) is 24.4 Å². The van der Waals surface area contributed by atoms with Crippen LogP contribution in [0, 0.1) is 5.82 Å². The van der Waals surface area contributed by atoms with Crippen LogP contribution < -0.4 is 5.73 Å². The van der Waals surface area contributed by atoms with Gasteiger partial charge in [0, 0.05) is 31.4 Å². The van der Waals surface area contributed by atoms with Crippen molar-refractivity contribution in [3.05, 3.63) is 52.3 Å². The summed E-state index contributed by atoms with van der Waals surface area (Å²) >= 11 is 3.18. The summed E-state index contributed by atoms with van der Waals surface area (Å²) < 4.78 is 15.8. The number of aromatic nitrogens is 2. The zero-order chi connectivity index (χ0) is 13.8. The highest BCUT2D eigenvalue weighted by molar-refractivity contribution is 9.10. The van der Waals surface area contributed by atoms with Gasteiger partial charge in [-0.2, -0.15) is 0 Å². The van der Waals surface area contributed by atoms with Gasteiger partial charge in [-0.25, -0.2) is 9.37 Å². The largest absolute Gasteiger partial charge is 0.335 e. The number of benzene rings is 1. The predicted octanol–water partition coefficient (Wildman–Crippen LogP) is 3.44. The zero-order valence-corrected chi connectivity index (χ0v) is 12.4. The maximum absolute atomic E-state index is 13.2. The lowest BCUT2D eigenvalue weighted by molar-refractivity contribution is 0.594. The molecule has 0 saturated heterocycles. The van der Waals surface area contributed by atoms with E-state index in [9.17, 15) is 4.39 Å². The van der Waals surface area contributed by atoms with Crippen molar-refractivity contribution in [3.63, 3.8) is 0 Å². The van der Waals surface area contributed by atoms with Crippen molar-refractivity contribution in [2.24, 2.45) is 5.73 Å². The molecule has 2 N–H and O–H groups in total. The van der Waals surface area contributed by atoms with Crippen LogP contribution in [0.1, 0.15) is 30.8 Å². The van der Waals surface area contributed by atoms with Gasteiger partial charge in [0.15, 0.2) is 0 Å². The molecule has 2 rings (SSSR count). The molecule has 0 radical (unpaired) electrons. The molecule has 19 heavy (non-hydrogen) atoms. The molecule has 0 aliphatic rings. The van der Waals surface area contributed by atoms with Gasteiger partial charge in [-0.3, -0.25) is 0 Å². The number of imidazole rings is 1. The third kappa shape index (κ3) is 3.42. The van der Waals surface area contributed by atoms with Gasteiger partial charge in [-0.05, 0) is 40.0 Å². The van der Waals surface area contributed by atoms with Crippen LogP contribution in [0.4, 0.5) is 4.39 Å². The summed E-state index contributed by atoms with van der Waals surface area (Å²) in [6.07, 6.45) is 5.45. The Bertz CT molecular complexity index is 553. The topological polar surface area (TPSA) is 43.8 Å². The highest BCUT2D eigenvalue weighted by Gasteiger charge is 2.12. The zero-order valence-electron chi connectivity index (χ0n) is 10.8. The molecule has 1 aromatic carbocycles. The normalized spacial score (nSPS) is 12.6. The van der Waals surface area contributed by atoms with Crippen LogP contribution in [0.15, 0.2) is 35.1 Å². The average molecular weight is 326 g/mol. The lowest BCUT2D eigenvalue weighted by atomic mass is 10.0. The van der Waals surface area contributed by atoms with Crippen molar-refractivity contribution in [1.29, 1.82) is 0 Å². The number of hydrogen-bond donors (Lipinski definition) is 1.